The van der Waals surface area contributed by atoms with Crippen molar-refractivity contribution in [3.8, 4) is 0 Å². The lowest BCUT2D eigenvalue weighted by molar-refractivity contribution is -0.137. The summed E-state index contributed by atoms with van der Waals surface area (Å²) in [5.41, 5.74) is 6.47. The Hall–Kier alpha value is -3.23. The summed E-state index contributed by atoms with van der Waals surface area (Å²) in [6.45, 7) is 2.23. The highest BCUT2D eigenvalue weighted by molar-refractivity contribution is 7.89. The highest BCUT2D eigenvalue weighted by Gasteiger charge is 2.48. The average Bonchev–Trinajstić information content (AvgIpc) is 2.95. The van der Waals surface area contributed by atoms with Crippen LogP contribution in [-0.2, 0) is 22.7 Å². The number of anilines is 2. The number of benzene rings is 2. The molecular formula is C29H32ClF3N6O3S. The number of hydrogen-bond donors (Lipinski definition) is 3. The molecule has 0 bridgehead atoms. The van der Waals surface area contributed by atoms with Gasteiger partial charge in [-0.2, -0.15) is 17.5 Å². The first-order chi connectivity index (χ1) is 20.5. The number of halogens is 4. The number of nitrogens with zero attached hydrogens (tertiary/aromatic N) is 3. The Bertz CT molecular complexity index is 1570. The number of sulfonamides is 1. The van der Waals surface area contributed by atoms with Crippen molar-refractivity contribution in [3.05, 3.63) is 82.5 Å². The minimum atomic E-state index is -4.58. The van der Waals surface area contributed by atoms with Gasteiger partial charge in [-0.1, -0.05) is 23.7 Å². The van der Waals surface area contributed by atoms with Gasteiger partial charge in [-0.3, -0.25) is 4.79 Å². The van der Waals surface area contributed by atoms with Crippen LogP contribution in [0.25, 0.3) is 0 Å². The van der Waals surface area contributed by atoms with Crippen LogP contribution < -0.4 is 21.3 Å². The fourth-order valence-electron chi connectivity index (χ4n) is 5.41. The number of fused-ring (bicyclic) bond motifs is 1. The zero-order valence-electron chi connectivity index (χ0n) is 23.1. The number of hydrogen-bond acceptors (Lipinski definition) is 7. The van der Waals surface area contributed by atoms with E-state index in [4.69, 9.17) is 17.3 Å². The zero-order chi connectivity index (χ0) is 30.8. The molecule has 2 aromatic carbocycles. The van der Waals surface area contributed by atoms with Crippen LogP contribution in [0.3, 0.4) is 0 Å². The van der Waals surface area contributed by atoms with Gasteiger partial charge in [0.25, 0.3) is 5.91 Å². The summed E-state index contributed by atoms with van der Waals surface area (Å²) in [7, 11) is -3.90. The molecule has 1 aliphatic carbocycles. The molecule has 230 valence electrons. The molecule has 0 spiro atoms. The maximum Gasteiger partial charge on any atom is 0.416 e. The van der Waals surface area contributed by atoms with E-state index in [-0.39, 0.29) is 40.9 Å². The van der Waals surface area contributed by atoms with Gasteiger partial charge in [0.1, 0.15) is 11.0 Å². The Morgan fingerprint density at radius 2 is 1.79 bits per heavy atom. The third-order valence-electron chi connectivity index (χ3n) is 7.73. The quantitative estimate of drug-likeness (QED) is 0.222. The van der Waals surface area contributed by atoms with E-state index in [1.165, 1.54) is 28.6 Å². The lowest BCUT2D eigenvalue weighted by atomic mass is 9.83. The second-order valence-corrected chi connectivity index (χ2v) is 12.8. The lowest BCUT2D eigenvalue weighted by Crippen LogP contribution is -2.66. The highest BCUT2D eigenvalue weighted by atomic mass is 35.5. The largest absolute Gasteiger partial charge is 0.416 e. The predicted octanol–water partition coefficient (Wildman–Crippen LogP) is 4.49. The molecule has 0 radical (unpaired) electrons. The van der Waals surface area contributed by atoms with Crippen LogP contribution in [-0.4, -0.2) is 61.9 Å². The molecular weight excluding hydrogens is 605 g/mol. The van der Waals surface area contributed by atoms with E-state index in [0.717, 1.165) is 30.7 Å². The van der Waals surface area contributed by atoms with Crippen LogP contribution in [0.15, 0.2) is 65.6 Å². The fraction of sp³-hybridized carbons (Fsp3) is 0.379. The topological polar surface area (TPSA) is 121 Å². The molecule has 2 aliphatic rings. The van der Waals surface area contributed by atoms with Gasteiger partial charge in [-0.05, 0) is 86.4 Å². The predicted molar refractivity (Wildman–Crippen MR) is 159 cm³/mol. The first-order valence-corrected chi connectivity index (χ1v) is 15.7. The number of alkyl halides is 3. The van der Waals surface area contributed by atoms with Crippen molar-refractivity contribution in [1.82, 2.24) is 14.6 Å². The molecule has 1 aromatic heterocycles. The van der Waals surface area contributed by atoms with Crippen LogP contribution in [0.2, 0.25) is 5.15 Å². The number of pyridine rings is 1. The summed E-state index contributed by atoms with van der Waals surface area (Å²) in [5.74, 6) is -0.240. The van der Waals surface area contributed by atoms with E-state index >= 15 is 0 Å². The standard InChI is InChI=1S/C29H32ClF3N6O3S/c30-26-16-21(29(31,32)33)17-27(37-26)38-13-14-39(25-10-9-24(25)38)43(41,42)23-7-5-22(6-8-23)36-28(40)20-4-1-3-19(15-20)18-35-12-2-11-34/h1,3-8,15-17,24-25,35H,2,9-14,18,34H2,(H,36,40). The van der Waals surface area contributed by atoms with E-state index < -0.39 is 27.8 Å². The summed E-state index contributed by atoms with van der Waals surface area (Å²) in [6.07, 6.45) is -2.54. The smallest absolute Gasteiger partial charge is 0.351 e. The highest BCUT2D eigenvalue weighted by Crippen LogP contribution is 2.40. The van der Waals surface area contributed by atoms with Gasteiger partial charge in [-0.25, -0.2) is 13.4 Å². The van der Waals surface area contributed by atoms with E-state index in [1.807, 2.05) is 6.07 Å². The van der Waals surface area contributed by atoms with Crippen LogP contribution >= 0.6 is 11.6 Å². The Morgan fingerprint density at radius 1 is 1.05 bits per heavy atom. The summed E-state index contributed by atoms with van der Waals surface area (Å²) in [5, 5.41) is 5.80. The molecule has 2 heterocycles. The Balaban J connectivity index is 1.24. The number of amides is 1. The van der Waals surface area contributed by atoms with E-state index in [0.29, 0.717) is 37.2 Å². The molecule has 14 heteroatoms. The van der Waals surface area contributed by atoms with Gasteiger partial charge in [0.05, 0.1) is 10.5 Å². The van der Waals surface area contributed by atoms with Crippen LogP contribution in [0.5, 0.6) is 0 Å². The maximum absolute atomic E-state index is 13.6. The van der Waals surface area contributed by atoms with Gasteiger partial charge in [-0.15, -0.1) is 0 Å². The molecule has 1 amide bonds. The summed E-state index contributed by atoms with van der Waals surface area (Å²) in [4.78, 5) is 18.7. The van der Waals surface area contributed by atoms with Crippen molar-refractivity contribution in [1.29, 1.82) is 0 Å². The zero-order valence-corrected chi connectivity index (χ0v) is 24.7. The molecule has 2 unspecified atom stereocenters. The number of rotatable bonds is 10. The second kappa shape index (κ2) is 12.8. The van der Waals surface area contributed by atoms with E-state index in [9.17, 15) is 26.4 Å². The first kappa shape index (κ1) is 31.2. The molecule has 1 aliphatic heterocycles. The molecule has 2 atom stereocenters. The van der Waals surface area contributed by atoms with Crippen molar-refractivity contribution < 1.29 is 26.4 Å². The van der Waals surface area contributed by atoms with Crippen LogP contribution in [0.4, 0.5) is 24.7 Å². The Labute approximate surface area is 253 Å². The molecule has 2 fully saturated rings. The SMILES string of the molecule is NCCCNCc1cccc(C(=O)Nc2ccc(S(=O)(=O)N3CCN(c4cc(C(F)(F)F)cc(Cl)n4)C4CCC43)cc2)c1. The third kappa shape index (κ3) is 6.96. The second-order valence-electron chi connectivity index (χ2n) is 10.6. The van der Waals surface area contributed by atoms with Gasteiger partial charge >= 0.3 is 6.18 Å². The Kier molecular flexibility index (Phi) is 9.28. The monoisotopic (exact) mass is 636 g/mol. The van der Waals surface area contributed by atoms with Crippen molar-refractivity contribution >= 4 is 39.0 Å². The number of piperazine rings is 1. The number of carbonyl (C=O) groups excluding carboxylic acids is 1. The van der Waals surface area contributed by atoms with Crippen molar-refractivity contribution in [3.63, 3.8) is 0 Å². The van der Waals surface area contributed by atoms with Crippen LogP contribution in [0, 0.1) is 0 Å². The van der Waals surface area contributed by atoms with Crippen molar-refractivity contribution in [2.75, 3.05) is 36.4 Å². The minimum absolute atomic E-state index is 0.0652. The van der Waals surface area contributed by atoms with Crippen LogP contribution in [0.1, 0.15) is 40.7 Å². The van der Waals surface area contributed by atoms with E-state index in [1.54, 1.807) is 23.1 Å². The molecule has 9 nitrogen and oxygen atoms in total. The maximum atomic E-state index is 13.6. The molecule has 43 heavy (non-hydrogen) atoms. The van der Waals surface area contributed by atoms with Gasteiger partial charge < -0.3 is 21.3 Å². The number of carbonyl (C=O) groups is 1. The molecule has 3 aromatic rings. The fourth-order valence-corrected chi connectivity index (χ4v) is 7.29. The van der Waals surface area contributed by atoms with Crippen molar-refractivity contribution in [2.24, 2.45) is 5.73 Å². The Morgan fingerprint density at radius 3 is 2.47 bits per heavy atom. The molecule has 1 saturated carbocycles. The number of nitrogens with two attached hydrogens (primary N) is 1. The average molecular weight is 637 g/mol. The summed E-state index contributed by atoms with van der Waals surface area (Å²) < 4.78 is 68.7. The normalized spacial score (nSPS) is 19.0. The van der Waals surface area contributed by atoms with Gasteiger partial charge in [0.15, 0.2) is 0 Å². The van der Waals surface area contributed by atoms with Gasteiger partial charge in [0, 0.05) is 43.0 Å². The lowest BCUT2D eigenvalue weighted by Gasteiger charge is -2.53. The third-order valence-corrected chi connectivity index (χ3v) is 9.86. The molecule has 1 saturated heterocycles. The minimum Gasteiger partial charge on any atom is -0.351 e. The molecule has 5 rings (SSSR count). The first-order valence-electron chi connectivity index (χ1n) is 13.9. The summed E-state index contributed by atoms with van der Waals surface area (Å²) >= 11 is 5.90. The van der Waals surface area contributed by atoms with Crippen molar-refractivity contribution in [2.45, 2.75) is 49.0 Å². The number of nitrogens with one attached hydrogen (secondary N) is 2. The van der Waals surface area contributed by atoms with E-state index in [2.05, 4.69) is 15.6 Å². The molecule has 4 N–H and O–H groups in total. The summed E-state index contributed by atoms with van der Waals surface area (Å²) in [6, 6.07) is 14.2. The number of aromatic nitrogens is 1. The van der Waals surface area contributed by atoms with Gasteiger partial charge in [0.2, 0.25) is 10.0 Å².